The maximum Gasteiger partial charge on any atom is 0.280 e. The first-order chi connectivity index (χ1) is 18.1. The average molecular weight is 579 g/mol. The molecule has 0 bridgehead atoms. The van der Waals surface area contributed by atoms with Crippen molar-refractivity contribution < 1.29 is 18.0 Å². The van der Waals surface area contributed by atoms with Crippen molar-refractivity contribution in [1.29, 1.82) is 0 Å². The molecule has 0 radical (unpaired) electrons. The topological polar surface area (TPSA) is 136 Å². The van der Waals surface area contributed by atoms with E-state index in [2.05, 4.69) is 30.2 Å². The van der Waals surface area contributed by atoms with Crippen molar-refractivity contribution in [2.75, 3.05) is 25.9 Å². The van der Waals surface area contributed by atoms with Crippen LogP contribution in [0.25, 0.3) is 10.9 Å². The number of H-pyrrole nitrogens is 1. The zero-order valence-corrected chi connectivity index (χ0v) is 23.4. The summed E-state index contributed by atoms with van der Waals surface area (Å²) in [5, 5.41) is 8.14. The number of carbonyl (C=O) groups is 2. The monoisotopic (exact) mass is 578 g/mol. The van der Waals surface area contributed by atoms with Gasteiger partial charge in [-0.3, -0.25) is 14.5 Å². The number of carbonyl (C=O) groups excluding carboxylic acids is 2. The Morgan fingerprint density at radius 3 is 2.63 bits per heavy atom. The predicted octanol–water partition coefficient (Wildman–Crippen LogP) is 2.66. The van der Waals surface area contributed by atoms with Gasteiger partial charge in [0.05, 0.1) is 11.9 Å². The lowest BCUT2D eigenvalue weighted by atomic mass is 9.90. The minimum Gasteiger partial charge on any atom is -0.351 e. The van der Waals surface area contributed by atoms with E-state index in [1.807, 2.05) is 12.1 Å². The number of nitrogens with zero attached hydrogens (tertiary/aromatic N) is 2. The van der Waals surface area contributed by atoms with Gasteiger partial charge in [0.1, 0.15) is 5.69 Å². The minimum absolute atomic E-state index is 0.178. The Balaban J connectivity index is 1.20. The SMILES string of the molecule is CS(=O)(=O)NCCN1CCc2nc(C(=O)N[C@H]3CCCC[C@H]3NC(=O)c3cc4cc(Cl)ccc4[nH]3)sc2C1. The van der Waals surface area contributed by atoms with Gasteiger partial charge in [-0.2, -0.15) is 0 Å². The number of amides is 2. The summed E-state index contributed by atoms with van der Waals surface area (Å²) in [6.07, 6.45) is 5.40. The molecule has 4 N–H and O–H groups in total. The molecule has 10 nitrogen and oxygen atoms in total. The number of rotatable bonds is 8. The van der Waals surface area contributed by atoms with Gasteiger partial charge >= 0.3 is 0 Å². The first-order valence-corrected chi connectivity index (χ1v) is 15.8. The van der Waals surface area contributed by atoms with Crippen LogP contribution in [0.15, 0.2) is 24.3 Å². The molecule has 2 aromatic heterocycles. The van der Waals surface area contributed by atoms with E-state index in [4.69, 9.17) is 11.6 Å². The van der Waals surface area contributed by atoms with Gasteiger partial charge in [-0.05, 0) is 37.1 Å². The Hall–Kier alpha value is -2.51. The molecule has 0 spiro atoms. The van der Waals surface area contributed by atoms with Crippen LogP contribution in [0.5, 0.6) is 0 Å². The number of nitrogens with one attached hydrogen (secondary N) is 4. The van der Waals surface area contributed by atoms with E-state index in [1.165, 1.54) is 11.3 Å². The molecule has 2 aliphatic rings. The molecule has 1 aromatic carbocycles. The van der Waals surface area contributed by atoms with Crippen LogP contribution in [-0.2, 0) is 23.0 Å². The van der Waals surface area contributed by atoms with E-state index < -0.39 is 10.0 Å². The molecule has 2 amide bonds. The van der Waals surface area contributed by atoms with Crippen LogP contribution in [0.1, 0.15) is 56.5 Å². The van der Waals surface area contributed by atoms with Crippen LogP contribution >= 0.6 is 22.9 Å². The number of sulfonamides is 1. The zero-order valence-electron chi connectivity index (χ0n) is 21.0. The Morgan fingerprint density at radius 1 is 1.16 bits per heavy atom. The number of halogens is 1. The van der Waals surface area contributed by atoms with Crippen LogP contribution in [-0.4, -0.2) is 73.1 Å². The molecule has 38 heavy (non-hydrogen) atoms. The van der Waals surface area contributed by atoms with Crippen molar-refractivity contribution in [3.63, 3.8) is 0 Å². The Labute approximate surface area is 230 Å². The first-order valence-electron chi connectivity index (χ1n) is 12.7. The summed E-state index contributed by atoms with van der Waals surface area (Å²) >= 11 is 7.46. The smallest absolute Gasteiger partial charge is 0.280 e. The highest BCUT2D eigenvalue weighted by Crippen LogP contribution is 2.26. The second kappa shape index (κ2) is 11.3. The van der Waals surface area contributed by atoms with Gasteiger partial charge in [0, 0.05) is 65.5 Å². The molecule has 0 saturated heterocycles. The highest BCUT2D eigenvalue weighted by atomic mass is 35.5. The molecule has 3 aromatic rings. The molecule has 3 heterocycles. The molecular formula is C25H31ClN6O4S2. The van der Waals surface area contributed by atoms with Gasteiger partial charge in [0.25, 0.3) is 11.8 Å². The normalized spacial score (nSPS) is 20.3. The van der Waals surface area contributed by atoms with Crippen molar-refractivity contribution >= 4 is 55.7 Å². The summed E-state index contributed by atoms with van der Waals surface area (Å²) in [5.74, 6) is -0.431. The number of fused-ring (bicyclic) bond motifs is 2. The fraction of sp³-hybridized carbons (Fsp3) is 0.480. The third-order valence-electron chi connectivity index (χ3n) is 7.02. The summed E-state index contributed by atoms with van der Waals surface area (Å²) in [5.41, 5.74) is 2.23. The van der Waals surface area contributed by atoms with E-state index in [0.717, 1.165) is 66.4 Å². The van der Waals surface area contributed by atoms with E-state index in [0.29, 0.717) is 35.4 Å². The lowest BCUT2D eigenvalue weighted by Crippen LogP contribution is -2.53. The van der Waals surface area contributed by atoms with Gasteiger partial charge < -0.3 is 15.6 Å². The summed E-state index contributed by atoms with van der Waals surface area (Å²) in [6.45, 7) is 2.35. The molecule has 204 valence electrons. The van der Waals surface area contributed by atoms with Crippen LogP contribution < -0.4 is 15.4 Å². The molecule has 13 heteroatoms. The van der Waals surface area contributed by atoms with Crippen molar-refractivity contribution in [1.82, 2.24) is 30.2 Å². The number of hydrogen-bond acceptors (Lipinski definition) is 7. The van der Waals surface area contributed by atoms with Crippen LogP contribution in [0, 0.1) is 0 Å². The van der Waals surface area contributed by atoms with Gasteiger partial charge in [0.15, 0.2) is 5.01 Å². The van der Waals surface area contributed by atoms with Gasteiger partial charge in [-0.15, -0.1) is 11.3 Å². The standard InChI is InChI=1S/C25H31ClN6O4S2/c1-38(35,36)27-9-11-32-10-8-20-22(14-32)37-25(31-20)24(34)30-19-5-3-2-4-18(19)29-23(33)21-13-15-12-16(26)6-7-17(15)28-21/h6-7,12-13,18-19,27-28H,2-5,8-11,14H2,1H3,(H,29,33)(H,30,34)/t18-,19+/m1/s1. The number of aromatic nitrogens is 2. The highest BCUT2D eigenvalue weighted by Gasteiger charge is 2.30. The molecule has 5 rings (SSSR count). The maximum absolute atomic E-state index is 13.2. The van der Waals surface area contributed by atoms with E-state index >= 15 is 0 Å². The third kappa shape index (κ3) is 6.55. The fourth-order valence-electron chi connectivity index (χ4n) is 5.10. The molecule has 1 aliphatic carbocycles. The second-order valence-electron chi connectivity index (χ2n) is 9.94. The van der Waals surface area contributed by atoms with Crippen molar-refractivity contribution in [3.05, 3.63) is 50.6 Å². The lowest BCUT2D eigenvalue weighted by Gasteiger charge is -2.32. The molecule has 0 unspecified atom stereocenters. The predicted molar refractivity (Wildman–Crippen MR) is 148 cm³/mol. The average Bonchev–Trinajstić information content (AvgIpc) is 3.48. The van der Waals surface area contributed by atoms with Crippen LogP contribution in [0.4, 0.5) is 0 Å². The van der Waals surface area contributed by atoms with Crippen molar-refractivity contribution in [2.45, 2.75) is 50.7 Å². The zero-order chi connectivity index (χ0) is 26.9. The molecule has 2 atom stereocenters. The summed E-state index contributed by atoms with van der Waals surface area (Å²) in [7, 11) is -3.21. The lowest BCUT2D eigenvalue weighted by molar-refractivity contribution is 0.0860. The van der Waals surface area contributed by atoms with Crippen molar-refractivity contribution in [3.8, 4) is 0 Å². The van der Waals surface area contributed by atoms with E-state index in [-0.39, 0.29) is 23.9 Å². The minimum atomic E-state index is -3.21. The van der Waals surface area contributed by atoms with E-state index in [9.17, 15) is 18.0 Å². The molecule has 1 saturated carbocycles. The largest absolute Gasteiger partial charge is 0.351 e. The Kier molecular flexibility index (Phi) is 8.06. The number of thiazole rings is 1. The fourth-order valence-corrected chi connectivity index (χ4v) is 6.80. The van der Waals surface area contributed by atoms with Gasteiger partial charge in [-0.25, -0.2) is 18.1 Å². The van der Waals surface area contributed by atoms with E-state index in [1.54, 1.807) is 12.1 Å². The van der Waals surface area contributed by atoms with Crippen LogP contribution in [0.2, 0.25) is 5.02 Å². The first kappa shape index (κ1) is 27.1. The summed E-state index contributed by atoms with van der Waals surface area (Å²) in [6, 6.07) is 6.86. The third-order valence-corrected chi connectivity index (χ3v) is 9.07. The number of benzene rings is 1. The number of hydrogen-bond donors (Lipinski definition) is 4. The van der Waals surface area contributed by atoms with Crippen LogP contribution in [0.3, 0.4) is 0 Å². The van der Waals surface area contributed by atoms with Crippen molar-refractivity contribution in [2.24, 2.45) is 0 Å². The number of aromatic amines is 1. The maximum atomic E-state index is 13.2. The molecular weight excluding hydrogens is 548 g/mol. The Bertz CT molecular complexity index is 1450. The highest BCUT2D eigenvalue weighted by molar-refractivity contribution is 7.88. The quantitative estimate of drug-likeness (QED) is 0.324. The molecule has 1 fully saturated rings. The molecule has 1 aliphatic heterocycles. The second-order valence-corrected chi connectivity index (χ2v) is 13.3. The Morgan fingerprint density at radius 2 is 1.89 bits per heavy atom. The van der Waals surface area contributed by atoms with Gasteiger partial charge in [-0.1, -0.05) is 24.4 Å². The summed E-state index contributed by atoms with van der Waals surface area (Å²) in [4.78, 5) is 37.1. The summed E-state index contributed by atoms with van der Waals surface area (Å²) < 4.78 is 25.1. The van der Waals surface area contributed by atoms with Gasteiger partial charge in [0.2, 0.25) is 10.0 Å².